The van der Waals surface area contributed by atoms with E-state index in [1.807, 2.05) is 0 Å². The summed E-state index contributed by atoms with van der Waals surface area (Å²) in [5, 5.41) is 8.57. The van der Waals surface area contributed by atoms with Gasteiger partial charge in [-0.2, -0.15) is 0 Å². The Hall–Kier alpha value is -1.30. The van der Waals surface area contributed by atoms with Gasteiger partial charge < -0.3 is 14.9 Å². The number of aliphatic carboxylic acids is 1. The molecule has 0 aromatic rings. The molecule has 0 bridgehead atoms. The average molecular weight is 305 g/mol. The number of halogens is 1. The molecule has 1 aliphatic rings. The van der Waals surface area contributed by atoms with Crippen LogP contribution in [0, 0.1) is 11.8 Å². The molecule has 2 atom stereocenters. The normalized spacial score (nSPS) is 18.4. The third-order valence-electron chi connectivity index (χ3n) is 3.53. The van der Waals surface area contributed by atoms with Crippen molar-refractivity contribution in [2.24, 2.45) is 11.8 Å². The fourth-order valence-corrected chi connectivity index (χ4v) is 2.53. The molecule has 114 valence electrons. The summed E-state index contributed by atoms with van der Waals surface area (Å²) < 4.78 is 0. The number of rotatable bonds is 5. The van der Waals surface area contributed by atoms with Crippen LogP contribution in [0.5, 0.6) is 0 Å². The molecule has 0 radical (unpaired) electrons. The molecule has 0 aromatic heterocycles. The number of alkyl halides is 1. The van der Waals surface area contributed by atoms with Gasteiger partial charge in [0.05, 0.1) is 5.92 Å². The lowest BCUT2D eigenvalue weighted by atomic mass is 9.95. The molecule has 1 N–H and O–H groups in total. The van der Waals surface area contributed by atoms with E-state index in [9.17, 15) is 19.5 Å². The van der Waals surface area contributed by atoms with Gasteiger partial charge in [0.1, 0.15) is 11.4 Å². The van der Waals surface area contributed by atoms with Crippen LogP contribution in [0.4, 0.5) is 0 Å². The molecule has 1 aliphatic heterocycles. The van der Waals surface area contributed by atoms with Gasteiger partial charge in [0.15, 0.2) is 0 Å². The SMILES string of the molecule is CC(C)[C@@H](C(=O)O)N(C)C(=O)C1CN(C(=O)[C@H](C)Cl)C1. The van der Waals surface area contributed by atoms with Crippen molar-refractivity contribution in [1.82, 2.24) is 9.80 Å². The quantitative estimate of drug-likeness (QED) is 0.756. The molecular formula is C13H21ClN2O4. The third kappa shape index (κ3) is 3.42. The smallest absolute Gasteiger partial charge is 0.326 e. The number of carboxylic acid groups (broad SMARTS) is 1. The standard InChI is InChI=1S/C13H21ClN2O4/c1-7(2)10(13(19)20)15(4)12(18)9-5-16(6-9)11(17)8(3)14/h7-10H,5-6H2,1-4H3,(H,19,20)/t8-,10-/m0/s1. The van der Waals surface area contributed by atoms with Crippen molar-refractivity contribution in [2.45, 2.75) is 32.2 Å². The second kappa shape index (κ2) is 6.43. The summed E-state index contributed by atoms with van der Waals surface area (Å²) in [6.45, 7) is 5.72. The minimum Gasteiger partial charge on any atom is -0.480 e. The fourth-order valence-electron chi connectivity index (χ4n) is 2.39. The van der Waals surface area contributed by atoms with Crippen LogP contribution in [-0.2, 0) is 14.4 Å². The average Bonchev–Trinajstić information content (AvgIpc) is 2.25. The first-order chi connectivity index (χ1) is 9.16. The molecule has 6 nitrogen and oxygen atoms in total. The summed E-state index contributed by atoms with van der Waals surface area (Å²) >= 11 is 5.69. The van der Waals surface area contributed by atoms with E-state index < -0.39 is 17.4 Å². The third-order valence-corrected chi connectivity index (χ3v) is 3.72. The first kappa shape index (κ1) is 16.8. The number of carboxylic acids is 1. The predicted molar refractivity (Wildman–Crippen MR) is 74.4 cm³/mol. The summed E-state index contributed by atoms with van der Waals surface area (Å²) in [6.07, 6.45) is 0. The molecule has 0 unspecified atom stereocenters. The lowest BCUT2D eigenvalue weighted by Crippen LogP contribution is -2.59. The number of carbonyl (C=O) groups is 3. The summed E-state index contributed by atoms with van der Waals surface area (Å²) in [4.78, 5) is 37.8. The Kier molecular flexibility index (Phi) is 5.39. The van der Waals surface area contributed by atoms with Crippen molar-refractivity contribution in [3.05, 3.63) is 0 Å². The molecule has 1 saturated heterocycles. The molecule has 0 saturated carbocycles. The highest BCUT2D eigenvalue weighted by atomic mass is 35.5. The van der Waals surface area contributed by atoms with E-state index in [-0.39, 0.29) is 23.7 Å². The molecule has 2 amide bonds. The van der Waals surface area contributed by atoms with Crippen LogP contribution in [0.2, 0.25) is 0 Å². The summed E-state index contributed by atoms with van der Waals surface area (Å²) in [7, 11) is 1.50. The first-order valence-electron chi connectivity index (χ1n) is 6.59. The van der Waals surface area contributed by atoms with Crippen LogP contribution in [0.25, 0.3) is 0 Å². The van der Waals surface area contributed by atoms with E-state index in [0.717, 1.165) is 0 Å². The molecular weight excluding hydrogens is 284 g/mol. The molecule has 1 rings (SSSR count). The first-order valence-corrected chi connectivity index (χ1v) is 7.02. The number of carbonyl (C=O) groups excluding carboxylic acids is 2. The van der Waals surface area contributed by atoms with Crippen molar-refractivity contribution < 1.29 is 19.5 Å². The Morgan fingerprint density at radius 1 is 1.25 bits per heavy atom. The van der Waals surface area contributed by atoms with Crippen molar-refractivity contribution in [3.63, 3.8) is 0 Å². The van der Waals surface area contributed by atoms with Crippen LogP contribution >= 0.6 is 11.6 Å². The lowest BCUT2D eigenvalue weighted by molar-refractivity contribution is -0.157. The Morgan fingerprint density at radius 2 is 1.75 bits per heavy atom. The number of nitrogens with zero attached hydrogens (tertiary/aromatic N) is 2. The van der Waals surface area contributed by atoms with Crippen molar-refractivity contribution >= 4 is 29.4 Å². The van der Waals surface area contributed by atoms with Crippen molar-refractivity contribution in [3.8, 4) is 0 Å². The number of likely N-dealkylation sites (N-methyl/N-ethyl adjacent to an activating group) is 1. The lowest BCUT2D eigenvalue weighted by Gasteiger charge is -2.41. The van der Waals surface area contributed by atoms with Crippen LogP contribution in [0.3, 0.4) is 0 Å². The number of amides is 2. The van der Waals surface area contributed by atoms with Crippen LogP contribution in [0.1, 0.15) is 20.8 Å². The molecule has 20 heavy (non-hydrogen) atoms. The summed E-state index contributed by atoms with van der Waals surface area (Å²) in [5.74, 6) is -1.96. The molecule has 0 aliphatic carbocycles. The zero-order valence-electron chi connectivity index (χ0n) is 12.2. The second-order valence-electron chi connectivity index (χ2n) is 5.53. The summed E-state index contributed by atoms with van der Waals surface area (Å²) in [5.41, 5.74) is 0. The maximum atomic E-state index is 12.2. The highest BCUT2D eigenvalue weighted by Gasteiger charge is 2.41. The number of hydrogen-bond donors (Lipinski definition) is 1. The Bertz CT molecular complexity index is 405. The van der Waals surface area contributed by atoms with E-state index in [4.69, 9.17) is 11.6 Å². The van der Waals surface area contributed by atoms with Gasteiger partial charge >= 0.3 is 5.97 Å². The Morgan fingerprint density at radius 3 is 2.10 bits per heavy atom. The second-order valence-corrected chi connectivity index (χ2v) is 6.19. The van der Waals surface area contributed by atoms with Crippen molar-refractivity contribution in [1.29, 1.82) is 0 Å². The zero-order valence-corrected chi connectivity index (χ0v) is 12.9. The largest absolute Gasteiger partial charge is 0.480 e. The van der Waals surface area contributed by atoms with Gasteiger partial charge in [-0.1, -0.05) is 13.8 Å². The van der Waals surface area contributed by atoms with E-state index in [0.29, 0.717) is 13.1 Å². The molecule has 1 fully saturated rings. The van der Waals surface area contributed by atoms with Gasteiger partial charge in [-0.05, 0) is 12.8 Å². The van der Waals surface area contributed by atoms with Gasteiger partial charge in [-0.25, -0.2) is 4.79 Å². The molecule has 0 spiro atoms. The zero-order chi connectivity index (χ0) is 15.6. The molecule has 7 heteroatoms. The van der Waals surface area contributed by atoms with Crippen LogP contribution < -0.4 is 0 Å². The van der Waals surface area contributed by atoms with Crippen LogP contribution in [0.15, 0.2) is 0 Å². The maximum Gasteiger partial charge on any atom is 0.326 e. The minimum atomic E-state index is -1.02. The van der Waals surface area contributed by atoms with Crippen LogP contribution in [-0.4, -0.2) is 64.2 Å². The monoisotopic (exact) mass is 304 g/mol. The topological polar surface area (TPSA) is 77.9 Å². The van der Waals surface area contributed by atoms with Gasteiger partial charge in [0.25, 0.3) is 0 Å². The fraction of sp³-hybridized carbons (Fsp3) is 0.769. The van der Waals surface area contributed by atoms with Gasteiger partial charge in [-0.15, -0.1) is 11.6 Å². The van der Waals surface area contributed by atoms with Gasteiger partial charge in [0, 0.05) is 20.1 Å². The summed E-state index contributed by atoms with van der Waals surface area (Å²) in [6, 6.07) is -0.848. The Labute approximate surface area is 123 Å². The van der Waals surface area contributed by atoms with E-state index in [1.165, 1.54) is 16.8 Å². The highest BCUT2D eigenvalue weighted by Crippen LogP contribution is 2.22. The van der Waals surface area contributed by atoms with Gasteiger partial charge in [0.2, 0.25) is 11.8 Å². The predicted octanol–water partition coefficient (Wildman–Crippen LogP) is 0.640. The van der Waals surface area contributed by atoms with Gasteiger partial charge in [-0.3, -0.25) is 9.59 Å². The van der Waals surface area contributed by atoms with E-state index in [1.54, 1.807) is 20.8 Å². The molecule has 0 aromatic carbocycles. The van der Waals surface area contributed by atoms with Crippen molar-refractivity contribution in [2.75, 3.05) is 20.1 Å². The Balaban J connectivity index is 2.60. The number of likely N-dealkylation sites (tertiary alicyclic amines) is 1. The van der Waals surface area contributed by atoms with E-state index in [2.05, 4.69) is 0 Å². The molecule has 1 heterocycles. The minimum absolute atomic E-state index is 0.179. The van der Waals surface area contributed by atoms with E-state index >= 15 is 0 Å². The number of hydrogen-bond acceptors (Lipinski definition) is 3. The highest BCUT2D eigenvalue weighted by molar-refractivity contribution is 6.30. The maximum absolute atomic E-state index is 12.2.